The van der Waals surface area contributed by atoms with Crippen LogP contribution < -0.4 is 10.5 Å². The number of aromatic nitrogens is 1. The fourth-order valence-electron chi connectivity index (χ4n) is 1.99. The number of ether oxygens (including phenoxy) is 1. The molecule has 2 N–H and O–H groups in total. The summed E-state index contributed by atoms with van der Waals surface area (Å²) in [5.41, 5.74) is 6.82. The fourth-order valence-corrected chi connectivity index (χ4v) is 1.99. The van der Waals surface area contributed by atoms with Crippen molar-refractivity contribution in [3.05, 3.63) is 23.4 Å². The zero-order valence-corrected chi connectivity index (χ0v) is 10.5. The van der Waals surface area contributed by atoms with E-state index in [9.17, 15) is 4.79 Å². The Morgan fingerprint density at radius 2 is 2.18 bits per heavy atom. The number of carbonyl (C=O) groups excluding carboxylic acids is 1. The van der Waals surface area contributed by atoms with Gasteiger partial charge in [0, 0.05) is 11.8 Å². The van der Waals surface area contributed by atoms with E-state index in [0.29, 0.717) is 5.88 Å². The van der Waals surface area contributed by atoms with E-state index >= 15 is 0 Å². The monoisotopic (exact) mass is 234 g/mol. The molecule has 0 saturated heterocycles. The summed E-state index contributed by atoms with van der Waals surface area (Å²) in [6.07, 6.45) is 3.37. The summed E-state index contributed by atoms with van der Waals surface area (Å²) in [6.45, 7) is 5.83. The van der Waals surface area contributed by atoms with Gasteiger partial charge in [-0.05, 0) is 45.2 Å². The summed E-state index contributed by atoms with van der Waals surface area (Å²) in [5, 5.41) is 0. The van der Waals surface area contributed by atoms with Crippen molar-refractivity contribution in [1.29, 1.82) is 0 Å². The molecule has 0 atom stereocenters. The van der Waals surface area contributed by atoms with Crippen LogP contribution in [0.15, 0.2) is 12.3 Å². The number of aryl methyl sites for hydroxylation is 1. The molecule has 1 saturated carbocycles. The third-order valence-electron chi connectivity index (χ3n) is 3.07. The van der Waals surface area contributed by atoms with E-state index in [1.165, 1.54) is 0 Å². The Morgan fingerprint density at radius 1 is 1.53 bits per heavy atom. The van der Waals surface area contributed by atoms with Crippen molar-refractivity contribution >= 4 is 5.91 Å². The average molecular weight is 234 g/mol. The molecule has 0 radical (unpaired) electrons. The van der Waals surface area contributed by atoms with Gasteiger partial charge in [-0.3, -0.25) is 4.79 Å². The molecule has 17 heavy (non-hydrogen) atoms. The van der Waals surface area contributed by atoms with Gasteiger partial charge in [0.25, 0.3) is 0 Å². The van der Waals surface area contributed by atoms with Crippen LogP contribution in [0.4, 0.5) is 0 Å². The van der Waals surface area contributed by atoms with Gasteiger partial charge in [-0.1, -0.05) is 0 Å². The number of hydrogen-bond acceptors (Lipinski definition) is 3. The van der Waals surface area contributed by atoms with Gasteiger partial charge in [0.15, 0.2) is 0 Å². The number of carbonyl (C=O) groups is 1. The molecule has 2 rings (SSSR count). The number of primary amides is 1. The van der Waals surface area contributed by atoms with Crippen LogP contribution in [0.1, 0.15) is 37.8 Å². The normalized spacial score (nSPS) is 16.9. The maximum absolute atomic E-state index is 11.6. The first-order valence-electron chi connectivity index (χ1n) is 5.89. The van der Waals surface area contributed by atoms with Gasteiger partial charge in [0.05, 0.1) is 11.5 Å². The van der Waals surface area contributed by atoms with Gasteiger partial charge >= 0.3 is 0 Å². The van der Waals surface area contributed by atoms with Gasteiger partial charge in [-0.2, -0.15) is 0 Å². The molecule has 0 unspecified atom stereocenters. The van der Waals surface area contributed by atoms with Crippen LogP contribution in [-0.2, 0) is 10.2 Å². The van der Waals surface area contributed by atoms with Crippen LogP contribution in [0.5, 0.6) is 5.88 Å². The quantitative estimate of drug-likeness (QED) is 0.862. The molecule has 1 heterocycles. The smallest absolute Gasteiger partial charge is 0.228 e. The molecule has 0 bridgehead atoms. The minimum atomic E-state index is -0.538. The third kappa shape index (κ3) is 2.12. The van der Waals surface area contributed by atoms with Gasteiger partial charge in [0.2, 0.25) is 11.8 Å². The van der Waals surface area contributed by atoms with Crippen LogP contribution in [0.2, 0.25) is 0 Å². The van der Waals surface area contributed by atoms with E-state index < -0.39 is 5.41 Å². The second kappa shape index (κ2) is 4.02. The maximum Gasteiger partial charge on any atom is 0.228 e. The van der Waals surface area contributed by atoms with Crippen LogP contribution >= 0.6 is 0 Å². The van der Waals surface area contributed by atoms with Crippen molar-refractivity contribution in [2.24, 2.45) is 5.73 Å². The summed E-state index contributed by atoms with van der Waals surface area (Å²) in [7, 11) is 0. The topological polar surface area (TPSA) is 65.2 Å². The molecule has 4 nitrogen and oxygen atoms in total. The number of pyridine rings is 1. The molecular formula is C13H18N2O2. The minimum absolute atomic E-state index is 0.0348. The average Bonchev–Trinajstić information content (AvgIpc) is 3.01. The molecule has 0 spiro atoms. The molecular weight excluding hydrogens is 216 g/mol. The van der Waals surface area contributed by atoms with E-state index in [0.717, 1.165) is 24.0 Å². The van der Waals surface area contributed by atoms with E-state index in [1.54, 1.807) is 6.20 Å². The molecule has 0 aromatic carbocycles. The Bertz CT molecular complexity index is 451. The molecule has 4 heteroatoms. The second-order valence-electron chi connectivity index (χ2n) is 4.98. The SMILES string of the molecule is Cc1cnc(OC(C)C)c(C2(C(N)=O)CC2)c1. The first-order valence-corrected chi connectivity index (χ1v) is 5.89. The molecule has 0 aliphatic heterocycles. The number of rotatable bonds is 4. The molecule has 1 amide bonds. The second-order valence-corrected chi connectivity index (χ2v) is 4.98. The lowest BCUT2D eigenvalue weighted by Gasteiger charge is -2.18. The summed E-state index contributed by atoms with van der Waals surface area (Å²) < 4.78 is 5.66. The van der Waals surface area contributed by atoms with Crippen LogP contribution in [0.3, 0.4) is 0 Å². The summed E-state index contributed by atoms with van der Waals surface area (Å²) >= 11 is 0. The van der Waals surface area contributed by atoms with E-state index in [-0.39, 0.29) is 12.0 Å². The Hall–Kier alpha value is -1.58. The lowest BCUT2D eigenvalue weighted by molar-refractivity contribution is -0.120. The van der Waals surface area contributed by atoms with Gasteiger partial charge in [-0.25, -0.2) is 4.98 Å². The maximum atomic E-state index is 11.6. The Kier molecular flexibility index (Phi) is 2.81. The molecule has 1 aromatic rings. The zero-order chi connectivity index (χ0) is 12.6. The highest BCUT2D eigenvalue weighted by Gasteiger charge is 2.52. The van der Waals surface area contributed by atoms with Crippen molar-refractivity contribution in [3.63, 3.8) is 0 Å². The molecule has 1 fully saturated rings. The number of nitrogens with two attached hydrogens (primary N) is 1. The van der Waals surface area contributed by atoms with Gasteiger partial charge in [0.1, 0.15) is 0 Å². The van der Waals surface area contributed by atoms with Crippen LogP contribution in [0, 0.1) is 6.92 Å². The van der Waals surface area contributed by atoms with Crippen LogP contribution in [-0.4, -0.2) is 17.0 Å². The van der Waals surface area contributed by atoms with Crippen molar-refractivity contribution in [2.45, 2.75) is 45.1 Å². The van der Waals surface area contributed by atoms with Crippen molar-refractivity contribution in [1.82, 2.24) is 4.98 Å². The zero-order valence-electron chi connectivity index (χ0n) is 10.5. The van der Waals surface area contributed by atoms with Crippen molar-refractivity contribution < 1.29 is 9.53 Å². The van der Waals surface area contributed by atoms with Gasteiger partial charge < -0.3 is 10.5 Å². The Morgan fingerprint density at radius 3 is 2.65 bits per heavy atom. The fraction of sp³-hybridized carbons (Fsp3) is 0.538. The Balaban J connectivity index is 2.44. The first kappa shape index (κ1) is 11.9. The first-order chi connectivity index (χ1) is 7.95. The number of amides is 1. The van der Waals surface area contributed by atoms with Crippen molar-refractivity contribution in [3.8, 4) is 5.88 Å². The highest BCUT2D eigenvalue weighted by atomic mass is 16.5. The van der Waals surface area contributed by atoms with Gasteiger partial charge in [-0.15, -0.1) is 0 Å². The molecule has 1 aliphatic carbocycles. The lowest BCUT2D eigenvalue weighted by atomic mass is 9.95. The summed E-state index contributed by atoms with van der Waals surface area (Å²) in [6, 6.07) is 1.96. The van der Waals surface area contributed by atoms with Crippen LogP contribution in [0.25, 0.3) is 0 Å². The minimum Gasteiger partial charge on any atom is -0.475 e. The standard InChI is InChI=1S/C13H18N2O2/c1-8(2)17-11-10(6-9(3)7-15-11)13(4-5-13)12(14)16/h6-8H,4-5H2,1-3H3,(H2,14,16). The molecule has 1 aliphatic rings. The largest absolute Gasteiger partial charge is 0.475 e. The number of hydrogen-bond donors (Lipinski definition) is 1. The highest BCUT2D eigenvalue weighted by Crippen LogP contribution is 2.50. The Labute approximate surface area is 101 Å². The highest BCUT2D eigenvalue weighted by molar-refractivity contribution is 5.90. The van der Waals surface area contributed by atoms with E-state index in [4.69, 9.17) is 10.5 Å². The third-order valence-corrected chi connectivity index (χ3v) is 3.07. The predicted molar refractivity (Wildman–Crippen MR) is 64.8 cm³/mol. The molecule has 92 valence electrons. The summed E-state index contributed by atoms with van der Waals surface area (Å²) in [4.78, 5) is 15.8. The summed E-state index contributed by atoms with van der Waals surface area (Å²) in [5.74, 6) is 0.264. The van der Waals surface area contributed by atoms with Crippen molar-refractivity contribution in [2.75, 3.05) is 0 Å². The molecule has 1 aromatic heterocycles. The van der Waals surface area contributed by atoms with E-state index in [1.807, 2.05) is 26.8 Å². The van der Waals surface area contributed by atoms with E-state index in [2.05, 4.69) is 4.98 Å². The predicted octanol–water partition coefficient (Wildman–Crippen LogP) is 1.69. The lowest BCUT2D eigenvalue weighted by Crippen LogP contribution is -2.29. The number of nitrogens with zero attached hydrogens (tertiary/aromatic N) is 1.